The normalized spacial score (nSPS) is 11.7. The highest BCUT2D eigenvalue weighted by Crippen LogP contribution is 2.22. The smallest absolute Gasteiger partial charge is 0.233 e. The van der Waals surface area contributed by atoms with E-state index in [0.29, 0.717) is 11.8 Å². The second kappa shape index (κ2) is 4.69. The largest absolute Gasteiger partial charge is 0.492 e. The molecule has 0 saturated carbocycles. The zero-order valence-electron chi connectivity index (χ0n) is 10.4. The van der Waals surface area contributed by atoms with Crippen LogP contribution in [0.2, 0.25) is 0 Å². The molecule has 1 rings (SSSR count). The lowest BCUT2D eigenvalue weighted by Crippen LogP contribution is -2.12. The van der Waals surface area contributed by atoms with E-state index in [4.69, 9.17) is 0 Å². The number of aromatic nitrogens is 2. The summed E-state index contributed by atoms with van der Waals surface area (Å²) >= 11 is 0. The molecule has 1 aromatic heterocycles. The van der Waals surface area contributed by atoms with Gasteiger partial charge in [0, 0.05) is 17.8 Å². The van der Waals surface area contributed by atoms with Crippen molar-refractivity contribution in [2.75, 3.05) is 0 Å². The third kappa shape index (κ3) is 2.98. The van der Waals surface area contributed by atoms with Crippen molar-refractivity contribution < 1.29 is 5.11 Å². The Morgan fingerprint density at radius 2 is 1.80 bits per heavy atom. The highest BCUT2D eigenvalue weighted by atomic mass is 16.3. The van der Waals surface area contributed by atoms with Gasteiger partial charge in [-0.15, -0.1) is 5.10 Å². The van der Waals surface area contributed by atoms with Crippen LogP contribution < -0.4 is 0 Å². The Balaban J connectivity index is 2.98. The van der Waals surface area contributed by atoms with Crippen LogP contribution in [0.4, 0.5) is 0 Å². The maximum atomic E-state index is 9.61. The highest BCUT2D eigenvalue weighted by molar-refractivity contribution is 5.28. The number of hydrogen-bond acceptors (Lipinski definition) is 2. The highest BCUT2D eigenvalue weighted by Gasteiger charge is 2.15. The Labute approximate surface area is 92.1 Å². The Hall–Kier alpha value is -0.990. The Morgan fingerprint density at radius 1 is 1.20 bits per heavy atom. The molecule has 15 heavy (non-hydrogen) atoms. The van der Waals surface area contributed by atoms with Crippen molar-refractivity contribution in [3.63, 3.8) is 0 Å². The SMILES string of the molecule is Cc1c(O)nn(CC(C)C)c1CC(C)C. The van der Waals surface area contributed by atoms with Gasteiger partial charge in [0.2, 0.25) is 5.88 Å². The molecular weight excluding hydrogens is 188 g/mol. The quantitative estimate of drug-likeness (QED) is 0.829. The summed E-state index contributed by atoms with van der Waals surface area (Å²) in [4.78, 5) is 0. The molecule has 0 aromatic carbocycles. The van der Waals surface area contributed by atoms with E-state index >= 15 is 0 Å². The number of nitrogens with zero attached hydrogens (tertiary/aromatic N) is 2. The fourth-order valence-electron chi connectivity index (χ4n) is 1.71. The van der Waals surface area contributed by atoms with Crippen molar-refractivity contribution in [1.82, 2.24) is 9.78 Å². The monoisotopic (exact) mass is 210 g/mol. The molecule has 86 valence electrons. The van der Waals surface area contributed by atoms with Crippen LogP contribution in [0.3, 0.4) is 0 Å². The lowest BCUT2D eigenvalue weighted by Gasteiger charge is -2.11. The summed E-state index contributed by atoms with van der Waals surface area (Å²) in [5.74, 6) is 1.33. The molecule has 0 bridgehead atoms. The second-order valence-electron chi connectivity index (χ2n) is 5.07. The molecule has 0 fully saturated rings. The van der Waals surface area contributed by atoms with Crippen molar-refractivity contribution in [2.24, 2.45) is 11.8 Å². The summed E-state index contributed by atoms with van der Waals surface area (Å²) in [5.41, 5.74) is 2.11. The fraction of sp³-hybridized carbons (Fsp3) is 0.750. The van der Waals surface area contributed by atoms with Gasteiger partial charge in [0.25, 0.3) is 0 Å². The molecule has 1 N–H and O–H groups in total. The molecule has 0 spiro atoms. The standard InChI is InChI=1S/C12H22N2O/c1-8(2)6-11-10(5)12(15)13-14(11)7-9(3)4/h8-9H,6-7H2,1-5H3,(H,13,15). The molecule has 3 heteroatoms. The number of aromatic hydroxyl groups is 1. The van der Waals surface area contributed by atoms with E-state index in [9.17, 15) is 5.11 Å². The molecule has 0 saturated heterocycles. The average molecular weight is 210 g/mol. The zero-order valence-corrected chi connectivity index (χ0v) is 10.4. The summed E-state index contributed by atoms with van der Waals surface area (Å²) in [7, 11) is 0. The molecular formula is C12H22N2O. The first-order chi connectivity index (χ1) is 6.91. The molecule has 0 atom stereocenters. The molecule has 0 unspecified atom stereocenters. The predicted molar refractivity (Wildman–Crippen MR) is 62.0 cm³/mol. The van der Waals surface area contributed by atoms with Gasteiger partial charge < -0.3 is 5.11 Å². The second-order valence-corrected chi connectivity index (χ2v) is 5.07. The van der Waals surface area contributed by atoms with Crippen LogP contribution in [0.15, 0.2) is 0 Å². The van der Waals surface area contributed by atoms with Gasteiger partial charge in [-0.05, 0) is 25.2 Å². The molecule has 0 aliphatic heterocycles. The van der Waals surface area contributed by atoms with Crippen LogP contribution in [0.5, 0.6) is 5.88 Å². The van der Waals surface area contributed by atoms with Gasteiger partial charge in [0.1, 0.15) is 0 Å². The van der Waals surface area contributed by atoms with E-state index < -0.39 is 0 Å². The van der Waals surface area contributed by atoms with Crippen LogP contribution in [-0.2, 0) is 13.0 Å². The molecule has 0 radical (unpaired) electrons. The van der Waals surface area contributed by atoms with Gasteiger partial charge in [-0.25, -0.2) is 0 Å². The molecule has 1 heterocycles. The van der Waals surface area contributed by atoms with Crippen molar-refractivity contribution in [1.29, 1.82) is 0 Å². The van der Waals surface area contributed by atoms with E-state index in [-0.39, 0.29) is 5.88 Å². The van der Waals surface area contributed by atoms with Crippen molar-refractivity contribution in [3.05, 3.63) is 11.3 Å². The minimum absolute atomic E-state index is 0.186. The van der Waals surface area contributed by atoms with E-state index in [2.05, 4.69) is 32.8 Å². The van der Waals surface area contributed by atoms with Crippen LogP contribution in [0.1, 0.15) is 39.0 Å². The van der Waals surface area contributed by atoms with Crippen molar-refractivity contribution in [2.45, 2.75) is 47.6 Å². The summed E-state index contributed by atoms with van der Waals surface area (Å²) in [5, 5.41) is 13.8. The molecule has 0 amide bonds. The summed E-state index contributed by atoms with van der Waals surface area (Å²) in [6, 6.07) is 0. The van der Waals surface area contributed by atoms with E-state index in [1.54, 1.807) is 0 Å². The van der Waals surface area contributed by atoms with E-state index in [1.807, 2.05) is 11.6 Å². The maximum Gasteiger partial charge on any atom is 0.233 e. The van der Waals surface area contributed by atoms with Crippen molar-refractivity contribution in [3.8, 4) is 5.88 Å². The van der Waals surface area contributed by atoms with Crippen LogP contribution in [0, 0.1) is 18.8 Å². The molecule has 3 nitrogen and oxygen atoms in total. The van der Waals surface area contributed by atoms with Crippen LogP contribution in [-0.4, -0.2) is 14.9 Å². The minimum atomic E-state index is 0.186. The predicted octanol–water partition coefficient (Wildman–Crippen LogP) is 2.75. The third-order valence-electron chi connectivity index (χ3n) is 2.43. The summed E-state index contributed by atoms with van der Waals surface area (Å²) < 4.78 is 1.95. The topological polar surface area (TPSA) is 38.1 Å². The summed E-state index contributed by atoms with van der Waals surface area (Å²) in [6.45, 7) is 11.5. The molecule has 1 aromatic rings. The molecule has 0 aliphatic carbocycles. The van der Waals surface area contributed by atoms with Gasteiger partial charge in [0.05, 0.1) is 0 Å². The maximum absolute atomic E-state index is 9.61. The first kappa shape index (κ1) is 12.1. The zero-order chi connectivity index (χ0) is 11.6. The first-order valence-corrected chi connectivity index (χ1v) is 5.67. The van der Waals surface area contributed by atoms with Gasteiger partial charge in [-0.2, -0.15) is 0 Å². The van der Waals surface area contributed by atoms with Crippen LogP contribution in [0.25, 0.3) is 0 Å². The van der Waals surface area contributed by atoms with Crippen molar-refractivity contribution >= 4 is 0 Å². The minimum Gasteiger partial charge on any atom is -0.492 e. The Kier molecular flexibility index (Phi) is 3.77. The molecule has 0 aliphatic rings. The van der Waals surface area contributed by atoms with E-state index in [0.717, 1.165) is 18.5 Å². The van der Waals surface area contributed by atoms with E-state index in [1.165, 1.54) is 5.69 Å². The summed E-state index contributed by atoms with van der Waals surface area (Å²) in [6.07, 6.45) is 0.978. The average Bonchev–Trinajstić information content (AvgIpc) is 2.31. The van der Waals surface area contributed by atoms with Crippen LogP contribution >= 0.6 is 0 Å². The number of hydrogen-bond donors (Lipinski definition) is 1. The Bertz CT molecular complexity index is 327. The third-order valence-corrected chi connectivity index (χ3v) is 2.43. The lowest BCUT2D eigenvalue weighted by atomic mass is 10.1. The van der Waals surface area contributed by atoms with Gasteiger partial charge in [-0.3, -0.25) is 4.68 Å². The van der Waals surface area contributed by atoms with Gasteiger partial charge >= 0.3 is 0 Å². The fourth-order valence-corrected chi connectivity index (χ4v) is 1.71. The first-order valence-electron chi connectivity index (χ1n) is 5.67. The van der Waals surface area contributed by atoms with Gasteiger partial charge in [0.15, 0.2) is 0 Å². The number of rotatable bonds is 4. The lowest BCUT2D eigenvalue weighted by molar-refractivity contribution is 0.412. The van der Waals surface area contributed by atoms with Gasteiger partial charge in [-0.1, -0.05) is 27.7 Å². The Morgan fingerprint density at radius 3 is 2.27 bits per heavy atom.